The molecule has 0 atom stereocenters. The minimum Gasteiger partial charge on any atom is -0.497 e. The number of aromatic nitrogens is 2. The highest BCUT2D eigenvalue weighted by Crippen LogP contribution is 2.26. The van der Waals surface area contributed by atoms with Crippen LogP contribution in [0, 0.1) is 13.8 Å². The van der Waals surface area contributed by atoms with Gasteiger partial charge in [-0.15, -0.1) is 0 Å². The number of ether oxygens (including phenoxy) is 1. The maximum absolute atomic E-state index is 5.21. The maximum Gasteiger partial charge on any atom is 0.130 e. The first-order valence-electron chi connectivity index (χ1n) is 5.82. The van der Waals surface area contributed by atoms with Gasteiger partial charge in [0.25, 0.3) is 0 Å². The average molecular weight is 243 g/mol. The van der Waals surface area contributed by atoms with Crippen LogP contribution in [0.5, 0.6) is 5.75 Å². The summed E-state index contributed by atoms with van der Waals surface area (Å²) >= 11 is 0. The van der Waals surface area contributed by atoms with Crippen molar-refractivity contribution in [1.29, 1.82) is 0 Å². The number of rotatable bonds is 3. The third kappa shape index (κ3) is 2.42. The van der Waals surface area contributed by atoms with Crippen molar-refractivity contribution in [3.05, 3.63) is 35.7 Å². The molecule has 1 heterocycles. The molecule has 18 heavy (non-hydrogen) atoms. The number of nitrogens with one attached hydrogen (secondary N) is 1. The molecule has 0 radical (unpaired) electrons. The predicted molar refractivity (Wildman–Crippen MR) is 73.0 cm³/mol. The van der Waals surface area contributed by atoms with Crippen molar-refractivity contribution < 1.29 is 4.74 Å². The fraction of sp³-hybridized carbons (Fsp3) is 0.286. The summed E-state index contributed by atoms with van der Waals surface area (Å²) in [6, 6.07) is 7.92. The predicted octanol–water partition coefficient (Wildman–Crippen LogP) is 2.81. The molecule has 0 amide bonds. The summed E-state index contributed by atoms with van der Waals surface area (Å²) in [4.78, 5) is 8.77. The highest BCUT2D eigenvalue weighted by Gasteiger charge is 2.07. The monoisotopic (exact) mass is 243 g/mol. The van der Waals surface area contributed by atoms with Crippen LogP contribution in [0.2, 0.25) is 0 Å². The Balaban J connectivity index is 2.51. The van der Waals surface area contributed by atoms with Crippen LogP contribution in [0.4, 0.5) is 5.82 Å². The summed E-state index contributed by atoms with van der Waals surface area (Å²) in [5.41, 5.74) is 3.15. The van der Waals surface area contributed by atoms with Crippen LogP contribution in [-0.4, -0.2) is 24.1 Å². The Hall–Kier alpha value is -2.10. The van der Waals surface area contributed by atoms with E-state index >= 15 is 0 Å². The van der Waals surface area contributed by atoms with E-state index in [1.807, 2.05) is 45.2 Å². The summed E-state index contributed by atoms with van der Waals surface area (Å²) in [6.45, 7) is 3.94. The summed E-state index contributed by atoms with van der Waals surface area (Å²) in [6.07, 6.45) is 0. The number of anilines is 1. The molecule has 1 aromatic carbocycles. The molecule has 0 fully saturated rings. The Morgan fingerprint density at radius 3 is 2.50 bits per heavy atom. The molecule has 94 valence electrons. The number of hydrogen-bond donors (Lipinski definition) is 1. The summed E-state index contributed by atoms with van der Waals surface area (Å²) in [7, 11) is 3.52. The van der Waals surface area contributed by atoms with Crippen molar-refractivity contribution in [1.82, 2.24) is 9.97 Å². The molecule has 4 nitrogen and oxygen atoms in total. The van der Waals surface area contributed by atoms with Crippen molar-refractivity contribution in [3.63, 3.8) is 0 Å². The van der Waals surface area contributed by atoms with E-state index < -0.39 is 0 Å². The van der Waals surface area contributed by atoms with Crippen LogP contribution in [0.15, 0.2) is 24.3 Å². The van der Waals surface area contributed by atoms with Gasteiger partial charge in [-0.05, 0) is 37.6 Å². The van der Waals surface area contributed by atoms with Crippen molar-refractivity contribution in [2.45, 2.75) is 13.8 Å². The molecule has 0 bridgehead atoms. The molecule has 0 aliphatic carbocycles. The van der Waals surface area contributed by atoms with Gasteiger partial charge in [0.15, 0.2) is 0 Å². The zero-order valence-electron chi connectivity index (χ0n) is 11.1. The van der Waals surface area contributed by atoms with Gasteiger partial charge in [0.1, 0.15) is 17.4 Å². The van der Waals surface area contributed by atoms with E-state index in [0.717, 1.165) is 34.2 Å². The van der Waals surface area contributed by atoms with Crippen molar-refractivity contribution in [3.8, 4) is 17.0 Å². The second kappa shape index (κ2) is 5.04. The molecule has 2 aromatic rings. The van der Waals surface area contributed by atoms with E-state index in [1.54, 1.807) is 7.11 Å². The van der Waals surface area contributed by atoms with E-state index in [4.69, 9.17) is 4.74 Å². The van der Waals surface area contributed by atoms with Gasteiger partial charge in [0.05, 0.1) is 12.8 Å². The van der Waals surface area contributed by atoms with Crippen molar-refractivity contribution in [2.24, 2.45) is 0 Å². The van der Waals surface area contributed by atoms with Gasteiger partial charge >= 0.3 is 0 Å². The van der Waals surface area contributed by atoms with Crippen LogP contribution in [-0.2, 0) is 0 Å². The minimum atomic E-state index is 0.757. The first-order valence-corrected chi connectivity index (χ1v) is 5.82. The van der Waals surface area contributed by atoms with Gasteiger partial charge in [0.2, 0.25) is 0 Å². The van der Waals surface area contributed by atoms with Gasteiger partial charge in [-0.25, -0.2) is 9.97 Å². The average Bonchev–Trinajstić information content (AvgIpc) is 2.37. The summed E-state index contributed by atoms with van der Waals surface area (Å²) < 4.78 is 5.21. The number of hydrogen-bond acceptors (Lipinski definition) is 4. The molecular weight excluding hydrogens is 226 g/mol. The number of nitrogens with zero attached hydrogens (tertiary/aromatic N) is 2. The minimum absolute atomic E-state index is 0.757. The van der Waals surface area contributed by atoms with Gasteiger partial charge < -0.3 is 10.1 Å². The van der Waals surface area contributed by atoms with Gasteiger partial charge in [-0.1, -0.05) is 0 Å². The van der Waals surface area contributed by atoms with E-state index in [2.05, 4.69) is 15.3 Å². The van der Waals surface area contributed by atoms with Crippen LogP contribution in [0.25, 0.3) is 11.3 Å². The summed E-state index contributed by atoms with van der Waals surface area (Å²) in [5, 5.41) is 3.04. The van der Waals surface area contributed by atoms with E-state index in [9.17, 15) is 0 Å². The van der Waals surface area contributed by atoms with E-state index in [0.29, 0.717) is 0 Å². The molecule has 1 aromatic heterocycles. The first kappa shape index (κ1) is 12.4. The van der Waals surface area contributed by atoms with Crippen LogP contribution in [0.3, 0.4) is 0 Å². The normalized spacial score (nSPS) is 10.2. The lowest BCUT2D eigenvalue weighted by molar-refractivity contribution is 0.414. The van der Waals surface area contributed by atoms with Crippen LogP contribution in [0.1, 0.15) is 11.4 Å². The SMILES string of the molecule is CNc1cc(-c2ccc(OC)cc2C)nc(C)n1. The lowest BCUT2D eigenvalue weighted by Crippen LogP contribution is -1.99. The van der Waals surface area contributed by atoms with Gasteiger partial charge in [0, 0.05) is 18.7 Å². The van der Waals surface area contributed by atoms with Gasteiger partial charge in [-0.2, -0.15) is 0 Å². The highest BCUT2D eigenvalue weighted by atomic mass is 16.5. The Bertz CT molecular complexity index is 567. The van der Waals surface area contributed by atoms with Crippen molar-refractivity contribution in [2.75, 3.05) is 19.5 Å². The second-order valence-electron chi connectivity index (χ2n) is 4.12. The number of methoxy groups -OCH3 is 1. The third-order valence-electron chi connectivity index (χ3n) is 2.80. The van der Waals surface area contributed by atoms with Crippen LogP contribution < -0.4 is 10.1 Å². The zero-order chi connectivity index (χ0) is 13.1. The fourth-order valence-corrected chi connectivity index (χ4v) is 1.88. The maximum atomic E-state index is 5.21. The van der Waals surface area contributed by atoms with E-state index in [-0.39, 0.29) is 0 Å². The Labute approximate surface area is 107 Å². The standard InChI is InChI=1S/C14H17N3O/c1-9-7-11(18-4)5-6-12(9)13-8-14(15-3)17-10(2)16-13/h5-8H,1-4H3,(H,15,16,17). The molecule has 0 unspecified atom stereocenters. The molecule has 4 heteroatoms. The quantitative estimate of drug-likeness (QED) is 0.900. The molecule has 0 spiro atoms. The number of benzene rings is 1. The molecular formula is C14H17N3O. The number of aryl methyl sites for hydroxylation is 2. The molecule has 0 aliphatic rings. The molecule has 0 saturated heterocycles. The molecule has 0 aliphatic heterocycles. The Morgan fingerprint density at radius 1 is 1.11 bits per heavy atom. The smallest absolute Gasteiger partial charge is 0.130 e. The molecule has 2 rings (SSSR count). The largest absolute Gasteiger partial charge is 0.497 e. The lowest BCUT2D eigenvalue weighted by Gasteiger charge is -2.09. The van der Waals surface area contributed by atoms with Gasteiger partial charge in [-0.3, -0.25) is 0 Å². The second-order valence-corrected chi connectivity index (χ2v) is 4.12. The van der Waals surface area contributed by atoms with E-state index in [1.165, 1.54) is 0 Å². The Kier molecular flexibility index (Phi) is 3.46. The fourth-order valence-electron chi connectivity index (χ4n) is 1.88. The Morgan fingerprint density at radius 2 is 1.89 bits per heavy atom. The summed E-state index contributed by atoms with van der Waals surface area (Å²) in [5.74, 6) is 2.44. The topological polar surface area (TPSA) is 47.0 Å². The van der Waals surface area contributed by atoms with Crippen LogP contribution >= 0.6 is 0 Å². The van der Waals surface area contributed by atoms with Crippen molar-refractivity contribution >= 4 is 5.82 Å². The molecule has 1 N–H and O–H groups in total. The third-order valence-corrected chi connectivity index (χ3v) is 2.80. The first-order chi connectivity index (χ1) is 8.63. The zero-order valence-corrected chi connectivity index (χ0v) is 11.1. The molecule has 0 saturated carbocycles. The lowest BCUT2D eigenvalue weighted by atomic mass is 10.0. The highest BCUT2D eigenvalue weighted by molar-refractivity contribution is 5.67.